The lowest BCUT2D eigenvalue weighted by Crippen LogP contribution is -2.42. The Morgan fingerprint density at radius 3 is 2.38 bits per heavy atom. The maximum Gasteiger partial charge on any atom is 0.256 e. The van der Waals surface area contributed by atoms with E-state index in [0.717, 1.165) is 35.5 Å². The summed E-state index contributed by atoms with van der Waals surface area (Å²) in [7, 11) is 0. The molecule has 6 heteroatoms. The molecule has 2 N–H and O–H groups in total. The van der Waals surface area contributed by atoms with Crippen molar-refractivity contribution in [1.29, 1.82) is 0 Å². The molecule has 1 unspecified atom stereocenters. The number of aliphatic hydroxyl groups is 1. The maximum absolute atomic E-state index is 13.4. The molecular weight excluding hydrogens is 486 g/mol. The number of nitrogens with one attached hydrogen (secondary N) is 1. The molecule has 1 fully saturated rings. The second-order valence-corrected chi connectivity index (χ2v) is 11.1. The quantitative estimate of drug-likeness (QED) is 0.364. The van der Waals surface area contributed by atoms with Gasteiger partial charge in [-0.15, -0.1) is 0 Å². The number of hydrogen-bond acceptors (Lipinski definition) is 4. The molecular formula is C33H33N3O3. The molecule has 0 radical (unpaired) electrons. The first-order chi connectivity index (χ1) is 18.9. The summed E-state index contributed by atoms with van der Waals surface area (Å²) in [5, 5.41) is 11.0. The summed E-state index contributed by atoms with van der Waals surface area (Å²) in [4.78, 5) is 36.0. The lowest BCUT2D eigenvalue weighted by atomic mass is 9.94. The van der Waals surface area contributed by atoms with Crippen LogP contribution in [-0.4, -0.2) is 32.4 Å². The Balaban J connectivity index is 1.20. The molecule has 1 aliphatic carbocycles. The molecule has 1 amide bonds. The summed E-state index contributed by atoms with van der Waals surface area (Å²) in [6.45, 7) is 4.87. The normalized spacial score (nSPS) is 16.6. The Morgan fingerprint density at radius 1 is 0.949 bits per heavy atom. The van der Waals surface area contributed by atoms with Crippen molar-refractivity contribution in [3.05, 3.63) is 123 Å². The van der Waals surface area contributed by atoms with Gasteiger partial charge in [-0.05, 0) is 52.6 Å². The van der Waals surface area contributed by atoms with Gasteiger partial charge >= 0.3 is 0 Å². The Labute approximate surface area is 228 Å². The van der Waals surface area contributed by atoms with E-state index in [9.17, 15) is 14.7 Å². The third-order valence-corrected chi connectivity index (χ3v) is 8.26. The van der Waals surface area contributed by atoms with E-state index >= 15 is 0 Å². The number of H-pyrrole nitrogens is 1. The zero-order valence-corrected chi connectivity index (χ0v) is 22.4. The zero-order chi connectivity index (χ0) is 27.1. The number of hydrogen-bond donors (Lipinski definition) is 2. The van der Waals surface area contributed by atoms with Crippen LogP contribution in [0.5, 0.6) is 0 Å². The minimum Gasteiger partial charge on any atom is -0.378 e. The third kappa shape index (κ3) is 4.70. The number of carbonyl (C=O) groups is 1. The molecule has 39 heavy (non-hydrogen) atoms. The van der Waals surface area contributed by atoms with Crippen molar-refractivity contribution < 1.29 is 9.90 Å². The van der Waals surface area contributed by atoms with Gasteiger partial charge in [-0.3, -0.25) is 9.59 Å². The number of amides is 1. The average molecular weight is 520 g/mol. The fourth-order valence-electron chi connectivity index (χ4n) is 5.65. The fourth-order valence-corrected chi connectivity index (χ4v) is 5.65. The number of aromatic amines is 1. The van der Waals surface area contributed by atoms with Gasteiger partial charge in [-0.2, -0.15) is 0 Å². The first-order valence-electron chi connectivity index (χ1n) is 13.7. The highest BCUT2D eigenvalue weighted by atomic mass is 16.3. The molecule has 198 valence electrons. The van der Waals surface area contributed by atoms with E-state index in [1.165, 1.54) is 11.1 Å². The fraction of sp³-hybridized carbons (Fsp3) is 0.303. The van der Waals surface area contributed by atoms with Gasteiger partial charge in [0.05, 0.1) is 23.2 Å². The number of nitrogens with zero attached hydrogens (tertiary/aromatic N) is 2. The predicted octanol–water partition coefficient (Wildman–Crippen LogP) is 5.26. The van der Waals surface area contributed by atoms with Crippen LogP contribution in [0.1, 0.15) is 72.5 Å². The highest BCUT2D eigenvalue weighted by Crippen LogP contribution is 2.52. The molecule has 6 nitrogen and oxygen atoms in total. The van der Waals surface area contributed by atoms with E-state index < -0.39 is 12.0 Å². The molecule has 0 saturated heterocycles. The second kappa shape index (κ2) is 9.93. The summed E-state index contributed by atoms with van der Waals surface area (Å²) in [6, 6.07) is 26.0. The van der Waals surface area contributed by atoms with Crippen molar-refractivity contribution in [3.8, 4) is 11.1 Å². The van der Waals surface area contributed by atoms with Crippen molar-refractivity contribution in [3.63, 3.8) is 0 Å². The van der Waals surface area contributed by atoms with Crippen LogP contribution in [0.2, 0.25) is 0 Å². The standard InChI is InChI=1S/C33H33N3O3/c1-21(2)22-11-13-23(14-12-22)24-7-6-8-25(19-24)29(37)31(39)36-18-15-28-27(20-36)30(38)35-32(34-28)33(16-17-33)26-9-4-3-5-10-26/h3-14,19,21,29,37H,15-18,20H2,1-2H3,(H,34,35,38). The Kier molecular flexibility index (Phi) is 6.43. The molecule has 3 aromatic carbocycles. The molecule has 6 rings (SSSR count). The zero-order valence-electron chi connectivity index (χ0n) is 22.4. The summed E-state index contributed by atoms with van der Waals surface area (Å²) in [6.07, 6.45) is 1.09. The van der Waals surface area contributed by atoms with Gasteiger partial charge in [0.1, 0.15) is 5.82 Å². The number of aliphatic hydroxyl groups excluding tert-OH is 1. The SMILES string of the molecule is CC(C)c1ccc(-c2cccc(C(O)C(=O)N3CCc4nc(C5(c6ccccc6)CC5)[nH]c(=O)c4C3)c2)cc1. The van der Waals surface area contributed by atoms with E-state index in [0.29, 0.717) is 30.0 Å². The van der Waals surface area contributed by atoms with Crippen molar-refractivity contribution in [2.24, 2.45) is 0 Å². The number of carbonyl (C=O) groups excluding carboxylic acids is 1. The van der Waals surface area contributed by atoms with E-state index in [2.05, 4.69) is 55.2 Å². The van der Waals surface area contributed by atoms with Crippen LogP contribution in [0.15, 0.2) is 83.7 Å². The lowest BCUT2D eigenvalue weighted by molar-refractivity contribution is -0.141. The van der Waals surface area contributed by atoms with Crippen LogP contribution in [0.25, 0.3) is 11.1 Å². The van der Waals surface area contributed by atoms with Crippen LogP contribution in [0, 0.1) is 0 Å². The molecule has 1 aliphatic heterocycles. The van der Waals surface area contributed by atoms with Crippen molar-refractivity contribution in [1.82, 2.24) is 14.9 Å². The molecule has 1 saturated carbocycles. The smallest absolute Gasteiger partial charge is 0.256 e. The molecule has 2 aliphatic rings. The average Bonchev–Trinajstić information content (AvgIpc) is 3.79. The highest BCUT2D eigenvalue weighted by molar-refractivity contribution is 5.83. The van der Waals surface area contributed by atoms with Crippen molar-refractivity contribution in [2.75, 3.05) is 6.54 Å². The highest BCUT2D eigenvalue weighted by Gasteiger charge is 2.48. The predicted molar refractivity (Wildman–Crippen MR) is 151 cm³/mol. The third-order valence-electron chi connectivity index (χ3n) is 8.26. The van der Waals surface area contributed by atoms with Gasteiger partial charge < -0.3 is 15.0 Å². The minimum atomic E-state index is -1.31. The molecule has 1 aromatic heterocycles. The van der Waals surface area contributed by atoms with Gasteiger partial charge in [0.15, 0.2) is 6.10 Å². The van der Waals surface area contributed by atoms with E-state index in [1.807, 2.05) is 36.4 Å². The largest absolute Gasteiger partial charge is 0.378 e. The molecule has 4 aromatic rings. The molecule has 1 atom stereocenters. The van der Waals surface area contributed by atoms with Gasteiger partial charge in [-0.1, -0.05) is 86.6 Å². The topological polar surface area (TPSA) is 86.3 Å². The Morgan fingerprint density at radius 2 is 1.69 bits per heavy atom. The minimum absolute atomic E-state index is 0.141. The summed E-state index contributed by atoms with van der Waals surface area (Å²) < 4.78 is 0. The van der Waals surface area contributed by atoms with Crippen molar-refractivity contribution >= 4 is 5.91 Å². The second-order valence-electron chi connectivity index (χ2n) is 11.1. The van der Waals surface area contributed by atoms with Crippen LogP contribution in [0.3, 0.4) is 0 Å². The monoisotopic (exact) mass is 519 g/mol. The molecule has 2 heterocycles. The number of aromatic nitrogens is 2. The van der Waals surface area contributed by atoms with Gasteiger partial charge in [0, 0.05) is 13.0 Å². The summed E-state index contributed by atoms with van der Waals surface area (Å²) in [5.74, 6) is 0.766. The van der Waals surface area contributed by atoms with Gasteiger partial charge in [-0.25, -0.2) is 4.98 Å². The first kappa shape index (κ1) is 25.3. The van der Waals surface area contributed by atoms with E-state index in [4.69, 9.17) is 4.98 Å². The molecule has 0 bridgehead atoms. The van der Waals surface area contributed by atoms with Crippen LogP contribution in [0.4, 0.5) is 0 Å². The van der Waals surface area contributed by atoms with Crippen LogP contribution in [-0.2, 0) is 23.2 Å². The Hall–Kier alpha value is -4.03. The van der Waals surface area contributed by atoms with Crippen molar-refractivity contribution in [2.45, 2.75) is 57.1 Å². The number of benzene rings is 3. The maximum atomic E-state index is 13.4. The summed E-state index contributed by atoms with van der Waals surface area (Å²) in [5.41, 5.74) is 5.78. The first-order valence-corrected chi connectivity index (χ1v) is 13.7. The van der Waals surface area contributed by atoms with Gasteiger partial charge in [0.2, 0.25) is 0 Å². The van der Waals surface area contributed by atoms with E-state index in [-0.39, 0.29) is 17.5 Å². The van der Waals surface area contributed by atoms with Crippen LogP contribution >= 0.6 is 0 Å². The summed E-state index contributed by atoms with van der Waals surface area (Å²) >= 11 is 0. The number of fused-ring (bicyclic) bond motifs is 1. The molecule has 0 spiro atoms. The van der Waals surface area contributed by atoms with E-state index in [1.54, 1.807) is 11.0 Å². The number of rotatable bonds is 6. The lowest BCUT2D eigenvalue weighted by Gasteiger charge is -2.30. The van der Waals surface area contributed by atoms with Crippen LogP contribution < -0.4 is 5.56 Å². The van der Waals surface area contributed by atoms with Gasteiger partial charge in [0.25, 0.3) is 11.5 Å². The Bertz CT molecular complexity index is 1570.